The van der Waals surface area contributed by atoms with Gasteiger partial charge in [-0.25, -0.2) is 0 Å². The molecule has 0 nitrogen and oxygen atoms in total. The van der Waals surface area contributed by atoms with Crippen molar-refractivity contribution < 1.29 is 26.2 Å². The van der Waals surface area contributed by atoms with E-state index in [1.165, 1.54) is 33.4 Å². The molecule has 0 saturated carbocycles. The van der Waals surface area contributed by atoms with Crippen LogP contribution in [-0.2, 0) is 26.2 Å². The van der Waals surface area contributed by atoms with Crippen molar-refractivity contribution in [3.05, 3.63) is 43.5 Å². The van der Waals surface area contributed by atoms with Crippen LogP contribution < -0.4 is 0 Å². The minimum Gasteiger partial charge on any atom is -0.0885 e. The van der Waals surface area contributed by atoms with Gasteiger partial charge in [0.15, 0.2) is 0 Å². The standard InChI is InChI=1S/C16H20Cl2.Zr/c1-9-11(3)15(17)7-13(9)5-6-14-8-16(18)12(4)10(14)2;/h5-8H2,1-4H3;. The summed E-state index contributed by atoms with van der Waals surface area (Å²) in [4.78, 5) is 0. The molecule has 2 rings (SSSR count). The number of hydrogen-bond donors (Lipinski definition) is 0. The van der Waals surface area contributed by atoms with Gasteiger partial charge in [0.2, 0.25) is 0 Å². The van der Waals surface area contributed by atoms with Crippen LogP contribution in [-0.4, -0.2) is 0 Å². The summed E-state index contributed by atoms with van der Waals surface area (Å²) in [5.41, 5.74) is 8.34. The summed E-state index contributed by atoms with van der Waals surface area (Å²) in [7, 11) is 0. The van der Waals surface area contributed by atoms with E-state index in [9.17, 15) is 0 Å². The Labute approximate surface area is 145 Å². The van der Waals surface area contributed by atoms with E-state index in [1.54, 1.807) is 0 Å². The van der Waals surface area contributed by atoms with Crippen LogP contribution in [0.1, 0.15) is 53.4 Å². The van der Waals surface area contributed by atoms with Crippen LogP contribution in [0.3, 0.4) is 0 Å². The first-order valence-electron chi connectivity index (χ1n) is 6.50. The fourth-order valence-electron chi connectivity index (χ4n) is 2.70. The van der Waals surface area contributed by atoms with Crippen LogP contribution in [0.25, 0.3) is 0 Å². The van der Waals surface area contributed by atoms with Gasteiger partial charge in [0, 0.05) is 49.1 Å². The van der Waals surface area contributed by atoms with Gasteiger partial charge in [-0.05, 0) is 62.8 Å². The average Bonchev–Trinajstić information content (AvgIpc) is 2.72. The predicted octanol–water partition coefficient (Wildman–Crippen LogP) is 6.23. The zero-order chi connectivity index (χ0) is 13.4. The van der Waals surface area contributed by atoms with Gasteiger partial charge in [-0.15, -0.1) is 0 Å². The third-order valence-corrected chi connectivity index (χ3v) is 5.30. The molecule has 0 aromatic rings. The molecule has 0 unspecified atom stereocenters. The van der Waals surface area contributed by atoms with E-state index in [1.807, 2.05) is 0 Å². The maximum atomic E-state index is 6.22. The summed E-state index contributed by atoms with van der Waals surface area (Å²) < 4.78 is 0. The fraction of sp³-hybridized carbons (Fsp3) is 0.500. The van der Waals surface area contributed by atoms with Crippen LogP contribution in [0.15, 0.2) is 43.5 Å². The molecule has 0 aromatic heterocycles. The van der Waals surface area contributed by atoms with Gasteiger partial charge in [-0.2, -0.15) is 0 Å². The predicted molar refractivity (Wildman–Crippen MR) is 81.0 cm³/mol. The molecule has 0 spiro atoms. The van der Waals surface area contributed by atoms with Crippen molar-refractivity contribution in [2.75, 3.05) is 0 Å². The monoisotopic (exact) mass is 372 g/mol. The Morgan fingerprint density at radius 2 is 1.00 bits per heavy atom. The molecule has 0 fully saturated rings. The molecule has 0 atom stereocenters. The summed E-state index contributed by atoms with van der Waals surface area (Å²) in [5.74, 6) is 0. The first-order valence-corrected chi connectivity index (χ1v) is 7.26. The molecular formula is C16H20Cl2Zr. The number of rotatable bonds is 3. The second-order valence-electron chi connectivity index (χ2n) is 5.37. The Morgan fingerprint density at radius 3 is 1.21 bits per heavy atom. The SMILES string of the molecule is CC1=C(Cl)CC(CCC2=C(C)C(C)=C(Cl)C2)=C1C.[Zr]. The zero-order valence-electron chi connectivity index (χ0n) is 12.1. The summed E-state index contributed by atoms with van der Waals surface area (Å²) in [6, 6.07) is 0. The van der Waals surface area contributed by atoms with E-state index < -0.39 is 0 Å². The summed E-state index contributed by atoms with van der Waals surface area (Å²) in [6.07, 6.45) is 4.13. The van der Waals surface area contributed by atoms with E-state index in [2.05, 4.69) is 27.7 Å². The molecule has 102 valence electrons. The smallest absolute Gasteiger partial charge is 0.0253 e. The van der Waals surface area contributed by atoms with Crippen molar-refractivity contribution in [2.45, 2.75) is 53.4 Å². The van der Waals surface area contributed by atoms with Crippen molar-refractivity contribution >= 4 is 23.2 Å². The topological polar surface area (TPSA) is 0 Å². The molecule has 0 amide bonds. The number of halogens is 2. The van der Waals surface area contributed by atoms with Crippen molar-refractivity contribution in [3.63, 3.8) is 0 Å². The minimum atomic E-state index is 0. The minimum absolute atomic E-state index is 0. The van der Waals surface area contributed by atoms with Gasteiger partial charge in [-0.3, -0.25) is 0 Å². The van der Waals surface area contributed by atoms with Gasteiger partial charge in [-0.1, -0.05) is 34.3 Å². The van der Waals surface area contributed by atoms with Crippen molar-refractivity contribution in [1.82, 2.24) is 0 Å². The van der Waals surface area contributed by atoms with Crippen molar-refractivity contribution in [2.24, 2.45) is 0 Å². The van der Waals surface area contributed by atoms with Crippen LogP contribution in [0.4, 0.5) is 0 Å². The van der Waals surface area contributed by atoms with Gasteiger partial charge in [0.25, 0.3) is 0 Å². The third-order valence-electron chi connectivity index (χ3n) is 4.47. The summed E-state index contributed by atoms with van der Waals surface area (Å²) in [5, 5.41) is 2.04. The fourth-order valence-corrected chi connectivity index (χ4v) is 3.30. The van der Waals surface area contributed by atoms with Crippen LogP contribution in [0.2, 0.25) is 0 Å². The summed E-state index contributed by atoms with van der Waals surface area (Å²) >= 11 is 12.4. The molecule has 3 heteroatoms. The maximum Gasteiger partial charge on any atom is 0.0253 e. The zero-order valence-corrected chi connectivity index (χ0v) is 16.1. The molecule has 0 bridgehead atoms. The van der Waals surface area contributed by atoms with Crippen molar-refractivity contribution in [3.8, 4) is 0 Å². The quantitative estimate of drug-likeness (QED) is 0.549. The summed E-state index contributed by atoms with van der Waals surface area (Å²) in [6.45, 7) is 8.61. The van der Waals surface area contributed by atoms with Gasteiger partial charge in [0.1, 0.15) is 0 Å². The molecule has 0 saturated heterocycles. The molecule has 2 aliphatic rings. The van der Waals surface area contributed by atoms with E-state index in [-0.39, 0.29) is 26.2 Å². The first kappa shape index (κ1) is 17.5. The van der Waals surface area contributed by atoms with Crippen molar-refractivity contribution in [1.29, 1.82) is 0 Å². The molecule has 0 N–H and O–H groups in total. The molecule has 0 aromatic carbocycles. The number of hydrogen-bond acceptors (Lipinski definition) is 0. The molecule has 0 aliphatic heterocycles. The van der Waals surface area contributed by atoms with E-state index >= 15 is 0 Å². The Bertz CT molecular complexity index is 471. The van der Waals surface area contributed by atoms with Crippen LogP contribution >= 0.6 is 23.2 Å². The maximum absolute atomic E-state index is 6.22. The Hall–Kier alpha value is 0.423. The van der Waals surface area contributed by atoms with Gasteiger partial charge < -0.3 is 0 Å². The van der Waals surface area contributed by atoms with E-state index in [0.29, 0.717) is 0 Å². The third kappa shape index (κ3) is 3.55. The molecular weight excluding hydrogens is 354 g/mol. The second-order valence-corrected chi connectivity index (χ2v) is 6.28. The average molecular weight is 374 g/mol. The molecule has 0 heterocycles. The Balaban J connectivity index is 0.00000180. The van der Waals surface area contributed by atoms with E-state index in [0.717, 1.165) is 35.7 Å². The molecule has 0 radical (unpaired) electrons. The molecule has 2 aliphatic carbocycles. The van der Waals surface area contributed by atoms with E-state index in [4.69, 9.17) is 23.2 Å². The van der Waals surface area contributed by atoms with Crippen LogP contribution in [0, 0.1) is 0 Å². The molecule has 19 heavy (non-hydrogen) atoms. The van der Waals surface area contributed by atoms with Crippen LogP contribution in [0.5, 0.6) is 0 Å². The first-order chi connectivity index (χ1) is 8.41. The second kappa shape index (κ2) is 6.92. The number of allylic oxidation sites excluding steroid dienone is 8. The van der Waals surface area contributed by atoms with Gasteiger partial charge in [0.05, 0.1) is 0 Å². The normalized spacial score (nSPS) is 19.9. The largest absolute Gasteiger partial charge is 0.0885 e. The van der Waals surface area contributed by atoms with Gasteiger partial charge >= 0.3 is 0 Å². The Morgan fingerprint density at radius 1 is 0.684 bits per heavy atom. The Kier molecular flexibility index (Phi) is 6.37.